The van der Waals surface area contributed by atoms with E-state index < -0.39 is 5.91 Å². The molecule has 0 bridgehead atoms. The van der Waals surface area contributed by atoms with Gasteiger partial charge < -0.3 is 14.8 Å². The number of carbonyl (C=O) groups excluding carboxylic acids is 1. The van der Waals surface area contributed by atoms with Gasteiger partial charge in [0.05, 0.1) is 18.2 Å². The molecule has 0 aliphatic rings. The van der Waals surface area contributed by atoms with Crippen LogP contribution in [0.15, 0.2) is 34.8 Å². The summed E-state index contributed by atoms with van der Waals surface area (Å²) in [5, 5.41) is 11.7. The Morgan fingerprint density at radius 1 is 1.52 bits per heavy atom. The molecule has 0 heterocycles. The quantitative estimate of drug-likeness (QED) is 0.427. The molecule has 1 aromatic carbocycles. The molecular weight excluding hydrogens is 360 g/mol. The Morgan fingerprint density at radius 2 is 2.26 bits per heavy atom. The molecule has 1 amide bonds. The second-order valence-electron chi connectivity index (χ2n) is 4.55. The first-order chi connectivity index (χ1) is 11.1. The molecule has 0 spiro atoms. The van der Waals surface area contributed by atoms with Crippen molar-refractivity contribution in [2.75, 3.05) is 20.3 Å². The van der Waals surface area contributed by atoms with E-state index in [0.29, 0.717) is 34.7 Å². The summed E-state index contributed by atoms with van der Waals surface area (Å²) in [5.74, 6) is 0.678. The lowest BCUT2D eigenvalue weighted by atomic mass is 10.1. The number of amides is 1. The second-order valence-corrected chi connectivity index (χ2v) is 5.41. The van der Waals surface area contributed by atoms with E-state index >= 15 is 0 Å². The molecule has 0 atom stereocenters. The highest BCUT2D eigenvalue weighted by molar-refractivity contribution is 9.10. The van der Waals surface area contributed by atoms with Gasteiger partial charge in [0, 0.05) is 6.54 Å². The first-order valence-corrected chi connectivity index (χ1v) is 7.87. The zero-order valence-corrected chi connectivity index (χ0v) is 14.8. The molecule has 0 unspecified atom stereocenters. The van der Waals surface area contributed by atoms with E-state index in [1.807, 2.05) is 13.0 Å². The number of carbonyl (C=O) groups is 1. The van der Waals surface area contributed by atoms with Crippen LogP contribution < -0.4 is 14.8 Å². The average molecular weight is 379 g/mol. The van der Waals surface area contributed by atoms with Crippen LogP contribution in [0.1, 0.15) is 18.9 Å². The number of nitriles is 1. The second kappa shape index (κ2) is 9.70. The van der Waals surface area contributed by atoms with Crippen LogP contribution in [-0.2, 0) is 4.79 Å². The van der Waals surface area contributed by atoms with Crippen molar-refractivity contribution in [2.24, 2.45) is 0 Å². The highest BCUT2D eigenvalue weighted by Crippen LogP contribution is 2.37. The fourth-order valence-corrected chi connectivity index (χ4v) is 2.32. The number of ether oxygens (including phenoxy) is 2. The lowest BCUT2D eigenvalue weighted by Crippen LogP contribution is -2.24. The number of benzene rings is 1. The molecule has 122 valence electrons. The molecule has 1 rings (SSSR count). The minimum Gasteiger partial charge on any atom is -0.493 e. The van der Waals surface area contributed by atoms with Gasteiger partial charge >= 0.3 is 0 Å². The Labute approximate surface area is 144 Å². The number of hydrogen-bond donors (Lipinski definition) is 1. The molecule has 0 radical (unpaired) electrons. The zero-order valence-electron chi connectivity index (χ0n) is 13.2. The number of rotatable bonds is 8. The fraction of sp³-hybridized carbons (Fsp3) is 0.294. The van der Waals surface area contributed by atoms with Gasteiger partial charge in [0.2, 0.25) is 0 Å². The van der Waals surface area contributed by atoms with Gasteiger partial charge in [-0.2, -0.15) is 5.26 Å². The maximum Gasteiger partial charge on any atom is 0.262 e. The Bertz CT molecular complexity index is 648. The summed E-state index contributed by atoms with van der Waals surface area (Å²) >= 11 is 3.43. The smallest absolute Gasteiger partial charge is 0.262 e. The Morgan fingerprint density at radius 3 is 2.83 bits per heavy atom. The van der Waals surface area contributed by atoms with Gasteiger partial charge in [-0.25, -0.2) is 0 Å². The van der Waals surface area contributed by atoms with Crippen molar-refractivity contribution in [1.29, 1.82) is 5.26 Å². The van der Waals surface area contributed by atoms with Gasteiger partial charge in [-0.3, -0.25) is 4.79 Å². The van der Waals surface area contributed by atoms with Crippen molar-refractivity contribution in [3.05, 3.63) is 40.4 Å². The van der Waals surface area contributed by atoms with Crippen molar-refractivity contribution in [3.63, 3.8) is 0 Å². The molecule has 1 N–H and O–H groups in total. The summed E-state index contributed by atoms with van der Waals surface area (Å²) in [4.78, 5) is 11.9. The van der Waals surface area contributed by atoms with Crippen LogP contribution in [-0.4, -0.2) is 26.2 Å². The molecule has 0 fully saturated rings. The van der Waals surface area contributed by atoms with Crippen LogP contribution >= 0.6 is 15.9 Å². The SMILES string of the molecule is C=CCNC(=O)/C(C#N)=C/c1cc(Br)c(OCCC)c(OC)c1. The predicted octanol–water partition coefficient (Wildman–Crippen LogP) is 3.46. The van der Waals surface area contributed by atoms with Crippen molar-refractivity contribution >= 4 is 27.9 Å². The Kier molecular flexibility index (Phi) is 7.92. The standard InChI is InChI=1S/C17H19BrN2O3/c1-4-6-20-17(21)13(11-19)8-12-9-14(18)16(23-7-5-2)15(10-12)22-3/h4,8-10H,1,5-7H2,2-3H3,(H,20,21)/b13-8+. The van der Waals surface area contributed by atoms with Gasteiger partial charge in [0.15, 0.2) is 11.5 Å². The topological polar surface area (TPSA) is 71.4 Å². The highest BCUT2D eigenvalue weighted by atomic mass is 79.9. The summed E-state index contributed by atoms with van der Waals surface area (Å²) in [6.07, 6.45) is 3.92. The normalized spacial score (nSPS) is 10.6. The number of hydrogen-bond acceptors (Lipinski definition) is 4. The number of nitrogens with zero attached hydrogens (tertiary/aromatic N) is 1. The average Bonchev–Trinajstić information content (AvgIpc) is 2.55. The van der Waals surface area contributed by atoms with Crippen LogP contribution in [0.5, 0.6) is 11.5 Å². The molecule has 5 nitrogen and oxygen atoms in total. The van der Waals surface area contributed by atoms with Crippen LogP contribution in [0.4, 0.5) is 0 Å². The molecule has 0 aliphatic carbocycles. The minimum absolute atomic E-state index is 0.00281. The minimum atomic E-state index is -0.450. The molecule has 6 heteroatoms. The van der Waals surface area contributed by atoms with Gasteiger partial charge in [-0.05, 0) is 46.1 Å². The van der Waals surface area contributed by atoms with Crippen molar-refractivity contribution in [1.82, 2.24) is 5.32 Å². The molecule has 0 saturated carbocycles. The lowest BCUT2D eigenvalue weighted by Gasteiger charge is -2.13. The van der Waals surface area contributed by atoms with E-state index in [4.69, 9.17) is 14.7 Å². The summed E-state index contributed by atoms with van der Waals surface area (Å²) in [5.41, 5.74) is 0.658. The third-order valence-corrected chi connectivity index (χ3v) is 3.37. The van der Waals surface area contributed by atoms with E-state index in [9.17, 15) is 4.79 Å². The molecular formula is C17H19BrN2O3. The monoisotopic (exact) mass is 378 g/mol. The van der Waals surface area contributed by atoms with Crippen LogP contribution in [0.3, 0.4) is 0 Å². The third kappa shape index (κ3) is 5.46. The van der Waals surface area contributed by atoms with Gasteiger partial charge in [0.1, 0.15) is 11.6 Å². The van der Waals surface area contributed by atoms with Crippen molar-refractivity contribution in [3.8, 4) is 17.6 Å². The Balaban J connectivity index is 3.15. The van der Waals surface area contributed by atoms with Crippen LogP contribution in [0.25, 0.3) is 6.08 Å². The van der Waals surface area contributed by atoms with E-state index in [-0.39, 0.29) is 5.57 Å². The lowest BCUT2D eigenvalue weighted by molar-refractivity contribution is -0.116. The van der Waals surface area contributed by atoms with Crippen molar-refractivity contribution in [2.45, 2.75) is 13.3 Å². The summed E-state index contributed by atoms with van der Waals surface area (Å²) in [6, 6.07) is 5.38. The highest BCUT2D eigenvalue weighted by Gasteiger charge is 2.13. The van der Waals surface area contributed by atoms with Crippen LogP contribution in [0.2, 0.25) is 0 Å². The first-order valence-electron chi connectivity index (χ1n) is 7.08. The third-order valence-electron chi connectivity index (χ3n) is 2.79. The summed E-state index contributed by atoms with van der Waals surface area (Å²) in [6.45, 7) is 6.40. The Hall–Kier alpha value is -2.26. The number of halogens is 1. The summed E-state index contributed by atoms with van der Waals surface area (Å²) < 4.78 is 11.7. The maximum atomic E-state index is 11.9. The van der Waals surface area contributed by atoms with E-state index in [2.05, 4.69) is 27.8 Å². The first kappa shape index (κ1) is 18.8. The molecule has 0 aliphatic heterocycles. The summed E-state index contributed by atoms with van der Waals surface area (Å²) in [7, 11) is 1.54. The van der Waals surface area contributed by atoms with Crippen LogP contribution in [0, 0.1) is 11.3 Å². The van der Waals surface area contributed by atoms with Gasteiger partial charge in [-0.1, -0.05) is 13.0 Å². The number of nitrogens with one attached hydrogen (secondary N) is 1. The van der Waals surface area contributed by atoms with E-state index in [1.54, 1.807) is 18.2 Å². The predicted molar refractivity (Wildman–Crippen MR) is 93.3 cm³/mol. The maximum absolute atomic E-state index is 11.9. The molecule has 23 heavy (non-hydrogen) atoms. The van der Waals surface area contributed by atoms with E-state index in [1.165, 1.54) is 13.2 Å². The fourth-order valence-electron chi connectivity index (χ4n) is 1.74. The van der Waals surface area contributed by atoms with Gasteiger partial charge in [0.25, 0.3) is 5.91 Å². The molecule has 0 saturated heterocycles. The van der Waals surface area contributed by atoms with Gasteiger partial charge in [-0.15, -0.1) is 6.58 Å². The molecule has 1 aromatic rings. The van der Waals surface area contributed by atoms with Crippen molar-refractivity contribution < 1.29 is 14.3 Å². The van der Waals surface area contributed by atoms with E-state index in [0.717, 1.165) is 6.42 Å². The zero-order chi connectivity index (χ0) is 17.2. The molecule has 0 aromatic heterocycles. The largest absolute Gasteiger partial charge is 0.493 e. The number of methoxy groups -OCH3 is 1.